The summed E-state index contributed by atoms with van der Waals surface area (Å²) in [5, 5.41) is 5.05. The standard InChI is InChI=1S/C19H26N2/c1-14(2)12-19(9-4-10-20-19)13-16-6-8-18-17(11-16)7-5-15(3)21-18/h5-8,11,14,20H,4,9-10,12-13H2,1-3H3. The zero-order valence-corrected chi connectivity index (χ0v) is 13.4. The lowest BCUT2D eigenvalue weighted by Crippen LogP contribution is -2.43. The first-order valence-corrected chi connectivity index (χ1v) is 8.18. The van der Waals surface area contributed by atoms with Crippen LogP contribution < -0.4 is 5.32 Å². The van der Waals surface area contributed by atoms with Crippen LogP contribution in [0.2, 0.25) is 0 Å². The number of pyridine rings is 1. The van der Waals surface area contributed by atoms with E-state index in [-0.39, 0.29) is 0 Å². The molecule has 1 atom stereocenters. The maximum atomic E-state index is 4.60. The highest BCUT2D eigenvalue weighted by atomic mass is 15.0. The molecule has 1 aromatic carbocycles. The first kappa shape index (κ1) is 14.5. The lowest BCUT2D eigenvalue weighted by atomic mass is 9.82. The Morgan fingerprint density at radius 2 is 2.10 bits per heavy atom. The second kappa shape index (κ2) is 5.76. The van der Waals surface area contributed by atoms with Crippen LogP contribution in [0.15, 0.2) is 30.3 Å². The van der Waals surface area contributed by atoms with Gasteiger partial charge in [0.25, 0.3) is 0 Å². The van der Waals surface area contributed by atoms with E-state index in [9.17, 15) is 0 Å². The highest BCUT2D eigenvalue weighted by molar-refractivity contribution is 5.79. The summed E-state index contributed by atoms with van der Waals surface area (Å²) in [6.07, 6.45) is 5.00. The van der Waals surface area contributed by atoms with Gasteiger partial charge >= 0.3 is 0 Å². The summed E-state index contributed by atoms with van der Waals surface area (Å²) in [4.78, 5) is 4.60. The zero-order chi connectivity index (χ0) is 14.9. The van der Waals surface area contributed by atoms with Crippen molar-refractivity contribution >= 4 is 10.9 Å². The number of nitrogens with zero attached hydrogens (tertiary/aromatic N) is 1. The minimum Gasteiger partial charge on any atom is -0.311 e. The van der Waals surface area contributed by atoms with E-state index in [1.54, 1.807) is 0 Å². The van der Waals surface area contributed by atoms with E-state index in [0.717, 1.165) is 23.5 Å². The fraction of sp³-hybridized carbons (Fsp3) is 0.526. The number of hydrogen-bond donors (Lipinski definition) is 1. The van der Waals surface area contributed by atoms with E-state index in [0.29, 0.717) is 5.54 Å². The van der Waals surface area contributed by atoms with E-state index >= 15 is 0 Å². The van der Waals surface area contributed by atoms with Gasteiger partial charge in [0.1, 0.15) is 0 Å². The van der Waals surface area contributed by atoms with Gasteiger partial charge in [0, 0.05) is 16.6 Å². The van der Waals surface area contributed by atoms with Crippen molar-refractivity contribution in [3.05, 3.63) is 41.6 Å². The number of rotatable bonds is 4. The maximum Gasteiger partial charge on any atom is 0.0705 e. The summed E-state index contributed by atoms with van der Waals surface area (Å²) < 4.78 is 0. The molecule has 0 bridgehead atoms. The smallest absolute Gasteiger partial charge is 0.0705 e. The van der Waals surface area contributed by atoms with Gasteiger partial charge in [-0.1, -0.05) is 26.0 Å². The first-order chi connectivity index (χ1) is 10.1. The molecule has 3 rings (SSSR count). The van der Waals surface area contributed by atoms with Crippen molar-refractivity contribution in [2.24, 2.45) is 5.92 Å². The summed E-state index contributed by atoms with van der Waals surface area (Å²) in [6.45, 7) is 7.87. The van der Waals surface area contributed by atoms with Crippen LogP contribution in [-0.4, -0.2) is 17.1 Å². The van der Waals surface area contributed by atoms with E-state index in [1.165, 1.54) is 36.8 Å². The molecule has 2 heterocycles. The molecule has 1 unspecified atom stereocenters. The highest BCUT2D eigenvalue weighted by Gasteiger charge is 2.33. The van der Waals surface area contributed by atoms with Crippen LogP contribution >= 0.6 is 0 Å². The Hall–Kier alpha value is -1.41. The van der Waals surface area contributed by atoms with Crippen molar-refractivity contribution in [1.29, 1.82) is 0 Å². The Bertz CT molecular complexity index is 624. The summed E-state index contributed by atoms with van der Waals surface area (Å²) in [7, 11) is 0. The Balaban J connectivity index is 1.87. The van der Waals surface area contributed by atoms with Gasteiger partial charge < -0.3 is 5.32 Å². The SMILES string of the molecule is Cc1ccc2cc(CC3(CC(C)C)CCCN3)ccc2n1. The molecule has 0 amide bonds. The Morgan fingerprint density at radius 1 is 1.24 bits per heavy atom. The number of benzene rings is 1. The van der Waals surface area contributed by atoms with E-state index in [2.05, 4.69) is 54.5 Å². The van der Waals surface area contributed by atoms with Crippen molar-refractivity contribution in [3.8, 4) is 0 Å². The molecule has 0 saturated carbocycles. The van der Waals surface area contributed by atoms with Crippen molar-refractivity contribution in [3.63, 3.8) is 0 Å². The molecular formula is C19H26N2. The number of fused-ring (bicyclic) bond motifs is 1. The molecule has 1 aromatic heterocycles. The average molecular weight is 282 g/mol. The highest BCUT2D eigenvalue weighted by Crippen LogP contribution is 2.31. The number of aromatic nitrogens is 1. The summed E-state index contributed by atoms with van der Waals surface area (Å²) in [5.41, 5.74) is 3.93. The fourth-order valence-corrected chi connectivity index (χ4v) is 3.83. The topological polar surface area (TPSA) is 24.9 Å². The van der Waals surface area contributed by atoms with Crippen molar-refractivity contribution in [2.75, 3.05) is 6.54 Å². The Morgan fingerprint density at radius 3 is 2.81 bits per heavy atom. The lowest BCUT2D eigenvalue weighted by Gasteiger charge is -2.32. The second-order valence-electron chi connectivity index (χ2n) is 7.07. The van der Waals surface area contributed by atoms with Gasteiger partial charge in [0.15, 0.2) is 0 Å². The third kappa shape index (κ3) is 3.26. The fourth-order valence-electron chi connectivity index (χ4n) is 3.83. The van der Waals surface area contributed by atoms with Crippen molar-refractivity contribution in [1.82, 2.24) is 10.3 Å². The molecule has 0 spiro atoms. The van der Waals surface area contributed by atoms with Gasteiger partial charge in [0.05, 0.1) is 5.52 Å². The van der Waals surface area contributed by atoms with Crippen LogP contribution in [0.1, 0.15) is 44.4 Å². The van der Waals surface area contributed by atoms with Crippen LogP contribution in [0, 0.1) is 12.8 Å². The van der Waals surface area contributed by atoms with Gasteiger partial charge in [-0.15, -0.1) is 0 Å². The molecule has 1 aliphatic rings. The number of aryl methyl sites for hydroxylation is 1. The molecule has 2 heteroatoms. The lowest BCUT2D eigenvalue weighted by molar-refractivity contribution is 0.301. The zero-order valence-electron chi connectivity index (χ0n) is 13.4. The third-order valence-electron chi connectivity index (χ3n) is 4.57. The van der Waals surface area contributed by atoms with E-state index in [4.69, 9.17) is 0 Å². The van der Waals surface area contributed by atoms with Gasteiger partial charge in [-0.3, -0.25) is 4.98 Å². The minimum atomic E-state index is 0.306. The normalized spacial score (nSPS) is 22.3. The molecule has 0 aliphatic carbocycles. The molecule has 1 aliphatic heterocycles. The monoisotopic (exact) mass is 282 g/mol. The minimum absolute atomic E-state index is 0.306. The first-order valence-electron chi connectivity index (χ1n) is 8.18. The molecule has 21 heavy (non-hydrogen) atoms. The average Bonchev–Trinajstić information content (AvgIpc) is 2.86. The molecule has 1 N–H and O–H groups in total. The second-order valence-corrected chi connectivity index (χ2v) is 7.07. The van der Waals surface area contributed by atoms with Gasteiger partial charge in [-0.2, -0.15) is 0 Å². The molecule has 1 saturated heterocycles. The maximum absolute atomic E-state index is 4.60. The Labute approximate surface area is 128 Å². The quantitative estimate of drug-likeness (QED) is 0.906. The van der Waals surface area contributed by atoms with Crippen molar-refractivity contribution < 1.29 is 0 Å². The Kier molecular flexibility index (Phi) is 3.99. The van der Waals surface area contributed by atoms with Gasteiger partial charge in [-0.25, -0.2) is 0 Å². The predicted octanol–water partition coefficient (Wildman–Crippen LogP) is 4.25. The van der Waals surface area contributed by atoms with Crippen molar-refractivity contribution in [2.45, 2.75) is 52.0 Å². The van der Waals surface area contributed by atoms with E-state index in [1.807, 2.05) is 6.92 Å². The molecule has 2 nitrogen and oxygen atoms in total. The number of hydrogen-bond acceptors (Lipinski definition) is 2. The van der Waals surface area contributed by atoms with Crippen LogP contribution in [0.4, 0.5) is 0 Å². The number of nitrogens with one attached hydrogen (secondary N) is 1. The predicted molar refractivity (Wildman–Crippen MR) is 89.6 cm³/mol. The summed E-state index contributed by atoms with van der Waals surface area (Å²) >= 11 is 0. The van der Waals surface area contributed by atoms with Gasteiger partial charge in [0.2, 0.25) is 0 Å². The summed E-state index contributed by atoms with van der Waals surface area (Å²) in [5.74, 6) is 0.736. The third-order valence-corrected chi connectivity index (χ3v) is 4.57. The van der Waals surface area contributed by atoms with Crippen LogP contribution in [0.5, 0.6) is 0 Å². The van der Waals surface area contributed by atoms with Crippen LogP contribution in [-0.2, 0) is 6.42 Å². The molecule has 1 fully saturated rings. The summed E-state index contributed by atoms with van der Waals surface area (Å²) in [6, 6.07) is 11.1. The van der Waals surface area contributed by atoms with Gasteiger partial charge in [-0.05, 0) is 68.8 Å². The molecular weight excluding hydrogens is 256 g/mol. The van der Waals surface area contributed by atoms with Crippen LogP contribution in [0.3, 0.4) is 0 Å². The largest absolute Gasteiger partial charge is 0.311 e. The molecule has 112 valence electrons. The van der Waals surface area contributed by atoms with Crippen LogP contribution in [0.25, 0.3) is 10.9 Å². The van der Waals surface area contributed by atoms with E-state index < -0.39 is 0 Å². The molecule has 2 aromatic rings. The molecule has 0 radical (unpaired) electrons.